The van der Waals surface area contributed by atoms with Crippen LogP contribution in [0.3, 0.4) is 0 Å². The molecule has 0 aliphatic heterocycles. The summed E-state index contributed by atoms with van der Waals surface area (Å²) in [7, 11) is 3.27. The molecule has 1 amide bonds. The smallest absolute Gasteiger partial charge is 0.252 e. The van der Waals surface area contributed by atoms with Crippen LogP contribution in [-0.2, 0) is 4.79 Å². The van der Waals surface area contributed by atoms with Crippen molar-refractivity contribution in [2.24, 2.45) is 0 Å². The van der Waals surface area contributed by atoms with Crippen molar-refractivity contribution in [2.75, 3.05) is 25.7 Å². The van der Waals surface area contributed by atoms with Crippen molar-refractivity contribution in [1.29, 1.82) is 0 Å². The summed E-state index contributed by atoms with van der Waals surface area (Å²) in [6, 6.07) is 11.4. The Morgan fingerprint density at radius 2 is 1.89 bits per heavy atom. The van der Waals surface area contributed by atoms with Gasteiger partial charge in [0.2, 0.25) is 0 Å². The summed E-state index contributed by atoms with van der Waals surface area (Å²) in [6.07, 6.45) is 0. The number of carbonyl (C=O) groups is 1. The number of methoxy groups -OCH3 is 1. The van der Waals surface area contributed by atoms with Gasteiger partial charge in [-0.15, -0.1) is 0 Å². The summed E-state index contributed by atoms with van der Waals surface area (Å²) in [5, 5.41) is 10.9. The van der Waals surface area contributed by atoms with Gasteiger partial charge >= 0.3 is 0 Å². The molecule has 0 radical (unpaired) electrons. The lowest BCUT2D eigenvalue weighted by Crippen LogP contribution is -2.28. The molecule has 0 fully saturated rings. The molecule has 0 saturated heterocycles. The van der Waals surface area contributed by atoms with Crippen LogP contribution in [0, 0.1) is 0 Å². The highest BCUT2D eigenvalue weighted by Crippen LogP contribution is 2.25. The fourth-order valence-corrected chi connectivity index (χ4v) is 1.80. The van der Waals surface area contributed by atoms with Crippen LogP contribution in [0.1, 0.15) is 0 Å². The summed E-state index contributed by atoms with van der Waals surface area (Å²) in [5.74, 6) is 0.470. The second-order valence-electron chi connectivity index (χ2n) is 4.01. The topological polar surface area (TPSA) is 49.8 Å². The Labute approximate surface area is 105 Å². The molecule has 4 nitrogen and oxygen atoms in total. The van der Waals surface area contributed by atoms with Crippen LogP contribution in [-0.4, -0.2) is 31.8 Å². The van der Waals surface area contributed by atoms with Gasteiger partial charge in [-0.1, -0.05) is 12.1 Å². The van der Waals surface area contributed by atoms with Crippen molar-refractivity contribution in [2.45, 2.75) is 0 Å². The van der Waals surface area contributed by atoms with Crippen LogP contribution in [0.5, 0.6) is 5.75 Å². The zero-order valence-corrected chi connectivity index (χ0v) is 10.4. The number of hydrogen-bond donors (Lipinski definition) is 1. The molecule has 0 bridgehead atoms. The van der Waals surface area contributed by atoms with Crippen LogP contribution in [0.25, 0.3) is 10.8 Å². The van der Waals surface area contributed by atoms with Crippen LogP contribution in [0.4, 0.5) is 5.69 Å². The Bertz CT molecular complexity index is 580. The maximum Gasteiger partial charge on any atom is 0.252 e. The van der Waals surface area contributed by atoms with E-state index in [0.29, 0.717) is 0 Å². The number of carbonyl (C=O) groups excluding carboxylic acids is 1. The van der Waals surface area contributed by atoms with Crippen molar-refractivity contribution >= 4 is 22.4 Å². The van der Waals surface area contributed by atoms with Gasteiger partial charge in [-0.2, -0.15) is 0 Å². The third-order valence-electron chi connectivity index (χ3n) is 2.93. The number of aliphatic hydroxyl groups is 1. The zero-order valence-electron chi connectivity index (χ0n) is 10.4. The Morgan fingerprint density at radius 1 is 1.22 bits per heavy atom. The minimum Gasteiger partial charge on any atom is -0.497 e. The Kier molecular flexibility index (Phi) is 3.48. The monoisotopic (exact) mass is 245 g/mol. The minimum atomic E-state index is -0.489. The van der Waals surface area contributed by atoms with Gasteiger partial charge in [0.1, 0.15) is 12.4 Å². The van der Waals surface area contributed by atoms with Crippen LogP contribution in [0.15, 0.2) is 36.4 Å². The van der Waals surface area contributed by atoms with E-state index in [1.165, 1.54) is 4.90 Å². The molecule has 94 valence electrons. The highest BCUT2D eigenvalue weighted by atomic mass is 16.5. The molecular formula is C14H15NO3. The first-order valence-electron chi connectivity index (χ1n) is 5.61. The molecule has 0 aromatic heterocycles. The number of likely N-dealkylation sites (N-methyl/N-ethyl adjacent to an activating group) is 1. The number of amides is 1. The van der Waals surface area contributed by atoms with E-state index in [2.05, 4.69) is 0 Å². The van der Waals surface area contributed by atoms with E-state index in [4.69, 9.17) is 9.84 Å². The fraction of sp³-hybridized carbons (Fsp3) is 0.214. The van der Waals surface area contributed by atoms with E-state index >= 15 is 0 Å². The number of fused-ring (bicyclic) bond motifs is 1. The maximum atomic E-state index is 11.4. The van der Waals surface area contributed by atoms with Gasteiger partial charge in [-0.3, -0.25) is 4.79 Å². The third kappa shape index (κ3) is 2.28. The lowest BCUT2D eigenvalue weighted by Gasteiger charge is -2.16. The molecule has 0 aliphatic carbocycles. The Hall–Kier alpha value is -2.07. The average molecular weight is 245 g/mol. The quantitative estimate of drug-likeness (QED) is 0.897. The molecule has 0 unspecified atom stereocenters. The maximum absolute atomic E-state index is 11.4. The second kappa shape index (κ2) is 5.06. The van der Waals surface area contributed by atoms with Gasteiger partial charge in [0.25, 0.3) is 5.91 Å². The Morgan fingerprint density at radius 3 is 2.56 bits per heavy atom. The molecule has 0 saturated carbocycles. The molecule has 0 heterocycles. The molecular weight excluding hydrogens is 230 g/mol. The highest BCUT2D eigenvalue weighted by molar-refractivity contribution is 5.96. The van der Waals surface area contributed by atoms with E-state index in [-0.39, 0.29) is 5.91 Å². The van der Waals surface area contributed by atoms with E-state index in [1.54, 1.807) is 14.2 Å². The van der Waals surface area contributed by atoms with Crippen LogP contribution >= 0.6 is 0 Å². The van der Waals surface area contributed by atoms with Gasteiger partial charge in [0, 0.05) is 12.7 Å². The molecule has 2 aromatic carbocycles. The zero-order chi connectivity index (χ0) is 13.1. The summed E-state index contributed by atoms with van der Waals surface area (Å²) in [4.78, 5) is 12.8. The summed E-state index contributed by atoms with van der Waals surface area (Å²) in [5.41, 5.74) is 0.756. The molecule has 2 aromatic rings. The second-order valence-corrected chi connectivity index (χ2v) is 4.01. The Balaban J connectivity index is 2.42. The van der Waals surface area contributed by atoms with Crippen molar-refractivity contribution < 1.29 is 14.6 Å². The number of anilines is 1. The van der Waals surface area contributed by atoms with Crippen molar-refractivity contribution in [3.8, 4) is 5.75 Å². The first-order chi connectivity index (χ1) is 8.65. The number of ether oxygens (including phenoxy) is 1. The highest BCUT2D eigenvalue weighted by Gasteiger charge is 2.09. The fourth-order valence-electron chi connectivity index (χ4n) is 1.80. The van der Waals surface area contributed by atoms with Crippen molar-refractivity contribution in [1.82, 2.24) is 0 Å². The van der Waals surface area contributed by atoms with Gasteiger partial charge in [-0.25, -0.2) is 0 Å². The van der Waals surface area contributed by atoms with Gasteiger partial charge < -0.3 is 14.7 Å². The summed E-state index contributed by atoms with van der Waals surface area (Å²) >= 11 is 0. The predicted octanol–water partition coefficient (Wildman–Crippen LogP) is 1.80. The molecule has 4 heteroatoms. The lowest BCUT2D eigenvalue weighted by atomic mass is 10.1. The number of rotatable bonds is 3. The molecule has 1 N–H and O–H groups in total. The molecule has 2 rings (SSSR count). The van der Waals surface area contributed by atoms with Crippen LogP contribution < -0.4 is 9.64 Å². The number of benzene rings is 2. The average Bonchev–Trinajstić information content (AvgIpc) is 2.44. The van der Waals surface area contributed by atoms with Gasteiger partial charge in [0.05, 0.1) is 7.11 Å². The SMILES string of the molecule is COc1ccc2cc(N(C)C(=O)CO)ccc2c1. The third-order valence-corrected chi connectivity index (χ3v) is 2.93. The molecule has 18 heavy (non-hydrogen) atoms. The molecule has 0 spiro atoms. The first kappa shape index (κ1) is 12.4. The van der Waals surface area contributed by atoms with E-state index in [0.717, 1.165) is 22.2 Å². The number of aliphatic hydroxyl groups excluding tert-OH is 1. The normalized spacial score (nSPS) is 10.4. The predicted molar refractivity (Wildman–Crippen MR) is 71.0 cm³/mol. The van der Waals surface area contributed by atoms with Crippen molar-refractivity contribution in [3.05, 3.63) is 36.4 Å². The molecule has 0 aliphatic rings. The lowest BCUT2D eigenvalue weighted by molar-refractivity contribution is -0.120. The molecule has 0 atom stereocenters. The van der Waals surface area contributed by atoms with E-state index < -0.39 is 6.61 Å². The van der Waals surface area contributed by atoms with E-state index in [9.17, 15) is 4.79 Å². The summed E-state index contributed by atoms with van der Waals surface area (Å²) < 4.78 is 5.16. The number of nitrogens with zero attached hydrogens (tertiary/aromatic N) is 1. The largest absolute Gasteiger partial charge is 0.497 e. The first-order valence-corrected chi connectivity index (χ1v) is 5.61. The summed E-state index contributed by atoms with van der Waals surface area (Å²) in [6.45, 7) is -0.489. The van der Waals surface area contributed by atoms with Crippen LogP contribution in [0.2, 0.25) is 0 Å². The minimum absolute atomic E-state index is 0.331. The number of hydrogen-bond acceptors (Lipinski definition) is 3. The van der Waals surface area contributed by atoms with Gasteiger partial charge in [-0.05, 0) is 35.0 Å². The van der Waals surface area contributed by atoms with Gasteiger partial charge in [0.15, 0.2) is 0 Å². The van der Waals surface area contributed by atoms with E-state index in [1.807, 2.05) is 36.4 Å². The standard InChI is InChI=1S/C14H15NO3/c1-15(14(17)9-16)12-5-3-11-8-13(18-2)6-4-10(11)7-12/h3-8,16H,9H2,1-2H3. The van der Waals surface area contributed by atoms with Crippen molar-refractivity contribution in [3.63, 3.8) is 0 Å².